The average Bonchev–Trinajstić information content (AvgIpc) is 2.47. The molecule has 6 heteroatoms. The highest BCUT2D eigenvalue weighted by atomic mass is 79.9. The first-order valence-electron chi connectivity index (χ1n) is 7.67. The third-order valence-corrected chi connectivity index (χ3v) is 3.54. The molecule has 0 fully saturated rings. The Morgan fingerprint density at radius 2 is 1.96 bits per heavy atom. The molecule has 0 aromatic heterocycles. The zero-order valence-electron chi connectivity index (χ0n) is 14.2. The maximum atomic E-state index is 12.1. The Kier molecular flexibility index (Phi) is 7.06. The van der Waals surface area contributed by atoms with Crippen molar-refractivity contribution in [2.45, 2.75) is 51.5 Å². The highest BCUT2D eigenvalue weighted by Gasteiger charge is 2.24. The maximum absolute atomic E-state index is 12.1. The molecule has 1 aromatic carbocycles. The van der Waals surface area contributed by atoms with Crippen molar-refractivity contribution in [3.8, 4) is 5.75 Å². The molecular formula is C17H24BrNO4. The monoisotopic (exact) mass is 385 g/mol. The summed E-state index contributed by atoms with van der Waals surface area (Å²) in [5.74, 6) is -0.225. The van der Waals surface area contributed by atoms with E-state index in [1.165, 1.54) is 0 Å². The van der Waals surface area contributed by atoms with Crippen molar-refractivity contribution in [1.29, 1.82) is 0 Å². The van der Waals surface area contributed by atoms with Crippen LogP contribution in [0.25, 0.3) is 0 Å². The first kappa shape index (κ1) is 19.5. The van der Waals surface area contributed by atoms with Gasteiger partial charge in [-0.05, 0) is 52.3 Å². The molecule has 0 saturated carbocycles. The number of rotatable bonds is 7. The molecule has 1 rings (SSSR count). The van der Waals surface area contributed by atoms with Crippen LogP contribution in [0.3, 0.4) is 0 Å². The molecule has 1 aromatic rings. The standard InChI is InChI=1S/C17H24BrNO4/c1-6-11(3)23-14-9-8-12(19-16(21)17(4,5)18)10-13(14)15(20)22-7-2/h8-11H,6-7H2,1-5H3,(H,19,21)/t11-/m0/s1. The van der Waals surface area contributed by atoms with E-state index in [0.717, 1.165) is 6.42 Å². The van der Waals surface area contributed by atoms with Crippen molar-refractivity contribution in [3.05, 3.63) is 23.8 Å². The van der Waals surface area contributed by atoms with Gasteiger partial charge in [0.2, 0.25) is 5.91 Å². The third kappa shape index (κ3) is 5.86. The molecule has 0 radical (unpaired) electrons. The van der Waals surface area contributed by atoms with Crippen LogP contribution in [0.2, 0.25) is 0 Å². The average molecular weight is 386 g/mol. The van der Waals surface area contributed by atoms with Gasteiger partial charge in [0.05, 0.1) is 17.0 Å². The lowest BCUT2D eigenvalue weighted by Gasteiger charge is -2.19. The van der Waals surface area contributed by atoms with Crippen LogP contribution >= 0.6 is 15.9 Å². The summed E-state index contributed by atoms with van der Waals surface area (Å²) < 4.78 is 10.1. The van der Waals surface area contributed by atoms with E-state index in [1.54, 1.807) is 39.0 Å². The van der Waals surface area contributed by atoms with E-state index in [4.69, 9.17) is 9.47 Å². The Morgan fingerprint density at radius 1 is 1.30 bits per heavy atom. The second-order valence-corrected chi connectivity index (χ2v) is 7.68. The van der Waals surface area contributed by atoms with Crippen LogP contribution in [0.5, 0.6) is 5.75 Å². The number of hydrogen-bond donors (Lipinski definition) is 1. The second-order valence-electron chi connectivity index (χ2n) is 5.69. The molecule has 0 aliphatic rings. The van der Waals surface area contributed by atoms with E-state index in [0.29, 0.717) is 17.0 Å². The molecule has 0 bridgehead atoms. The van der Waals surface area contributed by atoms with Crippen molar-refractivity contribution in [2.75, 3.05) is 11.9 Å². The lowest BCUT2D eigenvalue weighted by molar-refractivity contribution is -0.117. The van der Waals surface area contributed by atoms with Crippen LogP contribution in [0.4, 0.5) is 5.69 Å². The minimum atomic E-state index is -0.705. The summed E-state index contributed by atoms with van der Waals surface area (Å²) in [5.41, 5.74) is 0.819. The summed E-state index contributed by atoms with van der Waals surface area (Å²) in [7, 11) is 0. The first-order chi connectivity index (χ1) is 10.7. The molecule has 1 N–H and O–H groups in total. The number of halogens is 1. The number of amides is 1. The van der Waals surface area contributed by atoms with E-state index in [-0.39, 0.29) is 18.6 Å². The second kappa shape index (κ2) is 8.34. The molecule has 5 nitrogen and oxygen atoms in total. The quantitative estimate of drug-likeness (QED) is 0.565. The topological polar surface area (TPSA) is 64.6 Å². The fourth-order valence-electron chi connectivity index (χ4n) is 1.66. The Balaban J connectivity index is 3.11. The van der Waals surface area contributed by atoms with Gasteiger partial charge in [0.1, 0.15) is 11.3 Å². The maximum Gasteiger partial charge on any atom is 0.341 e. The summed E-state index contributed by atoms with van der Waals surface area (Å²) in [4.78, 5) is 24.2. The van der Waals surface area contributed by atoms with Crippen LogP contribution in [0.15, 0.2) is 18.2 Å². The largest absolute Gasteiger partial charge is 0.490 e. The summed E-state index contributed by atoms with van der Waals surface area (Å²) in [6.45, 7) is 9.43. The molecule has 0 unspecified atom stereocenters. The minimum absolute atomic E-state index is 0.0231. The first-order valence-corrected chi connectivity index (χ1v) is 8.46. The molecular weight excluding hydrogens is 362 g/mol. The van der Waals surface area contributed by atoms with Crippen LogP contribution in [0, 0.1) is 0 Å². The smallest absolute Gasteiger partial charge is 0.341 e. The summed E-state index contributed by atoms with van der Waals surface area (Å²) in [6, 6.07) is 4.96. The van der Waals surface area contributed by atoms with Crippen LogP contribution in [-0.2, 0) is 9.53 Å². The lowest BCUT2D eigenvalue weighted by atomic mass is 10.1. The fourth-order valence-corrected chi connectivity index (χ4v) is 1.76. The number of nitrogens with one attached hydrogen (secondary N) is 1. The summed E-state index contributed by atoms with van der Waals surface area (Å²) in [5, 5.41) is 2.76. The van der Waals surface area contributed by atoms with Gasteiger partial charge < -0.3 is 14.8 Å². The van der Waals surface area contributed by atoms with Gasteiger partial charge in [-0.3, -0.25) is 4.79 Å². The molecule has 23 heavy (non-hydrogen) atoms. The molecule has 0 spiro atoms. The molecule has 1 amide bonds. The number of alkyl halides is 1. The zero-order valence-corrected chi connectivity index (χ0v) is 15.8. The number of benzene rings is 1. The molecule has 1 atom stereocenters. The van der Waals surface area contributed by atoms with Gasteiger partial charge in [-0.15, -0.1) is 0 Å². The van der Waals surface area contributed by atoms with Gasteiger partial charge >= 0.3 is 5.97 Å². The van der Waals surface area contributed by atoms with Crippen LogP contribution in [0.1, 0.15) is 51.4 Å². The van der Waals surface area contributed by atoms with Gasteiger partial charge in [-0.1, -0.05) is 22.9 Å². The van der Waals surface area contributed by atoms with Crippen LogP contribution in [-0.4, -0.2) is 28.9 Å². The Bertz CT molecular complexity index is 566. The Morgan fingerprint density at radius 3 is 2.48 bits per heavy atom. The summed E-state index contributed by atoms with van der Waals surface area (Å²) in [6.07, 6.45) is 0.795. The predicted octanol–water partition coefficient (Wildman–Crippen LogP) is 4.15. The van der Waals surface area contributed by atoms with E-state index >= 15 is 0 Å². The van der Waals surface area contributed by atoms with E-state index in [2.05, 4.69) is 21.2 Å². The van der Waals surface area contributed by atoms with Gasteiger partial charge in [0.25, 0.3) is 0 Å². The van der Waals surface area contributed by atoms with Gasteiger partial charge in [-0.2, -0.15) is 0 Å². The van der Waals surface area contributed by atoms with Crippen molar-refractivity contribution in [1.82, 2.24) is 0 Å². The fraction of sp³-hybridized carbons (Fsp3) is 0.529. The van der Waals surface area contributed by atoms with Crippen LogP contribution < -0.4 is 10.1 Å². The number of esters is 1. The molecule has 0 aliphatic carbocycles. The highest BCUT2D eigenvalue weighted by Crippen LogP contribution is 2.27. The molecule has 0 aliphatic heterocycles. The van der Waals surface area contributed by atoms with E-state index in [9.17, 15) is 9.59 Å². The SMILES string of the molecule is CCOC(=O)c1cc(NC(=O)C(C)(C)Br)ccc1O[C@@H](C)CC. The van der Waals surface area contributed by atoms with Crippen molar-refractivity contribution in [2.24, 2.45) is 0 Å². The summed E-state index contributed by atoms with van der Waals surface area (Å²) >= 11 is 3.30. The molecule has 0 saturated heterocycles. The number of ether oxygens (including phenoxy) is 2. The highest BCUT2D eigenvalue weighted by molar-refractivity contribution is 9.10. The Labute approximate surface area is 145 Å². The number of carbonyl (C=O) groups is 2. The Hall–Kier alpha value is -1.56. The normalized spacial score (nSPS) is 12.4. The van der Waals surface area contributed by atoms with Crippen molar-refractivity contribution in [3.63, 3.8) is 0 Å². The molecule has 128 valence electrons. The number of hydrogen-bond acceptors (Lipinski definition) is 4. The predicted molar refractivity (Wildman–Crippen MR) is 94.4 cm³/mol. The van der Waals surface area contributed by atoms with Crippen molar-refractivity contribution < 1.29 is 19.1 Å². The van der Waals surface area contributed by atoms with E-state index < -0.39 is 10.3 Å². The van der Waals surface area contributed by atoms with Gasteiger partial charge in [0, 0.05) is 5.69 Å². The van der Waals surface area contributed by atoms with Crippen molar-refractivity contribution >= 4 is 33.5 Å². The minimum Gasteiger partial charge on any atom is -0.490 e. The number of anilines is 1. The molecule has 0 heterocycles. The number of carbonyl (C=O) groups excluding carboxylic acids is 2. The van der Waals surface area contributed by atoms with E-state index in [1.807, 2.05) is 13.8 Å². The zero-order chi connectivity index (χ0) is 17.6. The lowest BCUT2D eigenvalue weighted by Crippen LogP contribution is -2.31. The third-order valence-electron chi connectivity index (χ3n) is 3.18. The van der Waals surface area contributed by atoms with Gasteiger partial charge in [-0.25, -0.2) is 4.79 Å². The van der Waals surface area contributed by atoms with Gasteiger partial charge in [0.15, 0.2) is 0 Å².